The number of carbonyl (C=O) groups excluding carboxylic acids is 1. The number of hydrazine groups is 1. The summed E-state index contributed by atoms with van der Waals surface area (Å²) in [4.78, 5) is 22.2. The number of hydrogen-bond acceptors (Lipinski definition) is 7. The summed E-state index contributed by atoms with van der Waals surface area (Å²) in [6.45, 7) is 0. The first-order valence-electron chi connectivity index (χ1n) is 5.46. The number of nitrogens with zero attached hydrogens (tertiary/aromatic N) is 3. The lowest BCUT2D eigenvalue weighted by molar-refractivity contribution is -0.384. The van der Waals surface area contributed by atoms with Gasteiger partial charge in [-0.1, -0.05) is 0 Å². The third-order valence-electron chi connectivity index (χ3n) is 2.43. The molecule has 0 fully saturated rings. The number of nitrogens with one attached hydrogen (secondary N) is 2. The average Bonchev–Trinajstić information content (AvgIpc) is 2.47. The van der Waals surface area contributed by atoms with E-state index in [2.05, 4.69) is 20.9 Å². The smallest absolute Gasteiger partial charge is 0.270 e. The van der Waals surface area contributed by atoms with E-state index in [9.17, 15) is 14.9 Å². The minimum absolute atomic E-state index is 0.0346. The minimum Gasteiger partial charge on any atom is -0.323 e. The maximum absolute atomic E-state index is 12.1. The zero-order chi connectivity index (χ0) is 14.5. The molecular weight excluding hydrogens is 264 g/mol. The van der Waals surface area contributed by atoms with Crippen molar-refractivity contribution in [2.45, 2.75) is 0 Å². The highest BCUT2D eigenvalue weighted by Gasteiger charge is 2.16. The van der Waals surface area contributed by atoms with Gasteiger partial charge in [0.25, 0.3) is 11.6 Å². The second kappa shape index (κ2) is 5.71. The van der Waals surface area contributed by atoms with Crippen molar-refractivity contribution in [1.29, 1.82) is 0 Å². The fraction of sp³-hybridized carbons (Fsp3) is 0. The molecule has 2 aromatic rings. The Morgan fingerprint density at radius 2 is 2.15 bits per heavy atom. The number of nitrogens with two attached hydrogens (primary N) is 1. The van der Waals surface area contributed by atoms with Crippen molar-refractivity contribution in [1.82, 2.24) is 10.2 Å². The summed E-state index contributed by atoms with van der Waals surface area (Å²) >= 11 is 0. The number of rotatable bonds is 4. The number of amides is 1. The van der Waals surface area contributed by atoms with Crippen molar-refractivity contribution >= 4 is 23.1 Å². The van der Waals surface area contributed by atoms with E-state index in [4.69, 9.17) is 5.84 Å². The Balaban J connectivity index is 2.32. The maximum atomic E-state index is 12.1. The monoisotopic (exact) mass is 274 g/mol. The van der Waals surface area contributed by atoms with Crippen LogP contribution in [0.2, 0.25) is 0 Å². The molecule has 102 valence electrons. The molecule has 0 aliphatic rings. The van der Waals surface area contributed by atoms with E-state index in [0.717, 1.165) is 6.07 Å². The fourth-order valence-electron chi connectivity index (χ4n) is 1.51. The predicted octanol–water partition coefficient (Wildman–Crippen LogP) is 0.923. The number of anilines is 2. The maximum Gasteiger partial charge on any atom is 0.270 e. The van der Waals surface area contributed by atoms with E-state index < -0.39 is 10.8 Å². The van der Waals surface area contributed by atoms with Gasteiger partial charge in [-0.25, -0.2) is 0 Å². The molecule has 9 nitrogen and oxygen atoms in total. The molecule has 2 rings (SSSR count). The molecule has 1 aromatic heterocycles. The number of hydrogen-bond donors (Lipinski definition) is 3. The lowest BCUT2D eigenvalue weighted by Crippen LogP contribution is -2.18. The Labute approximate surface area is 112 Å². The number of benzene rings is 1. The molecular formula is C11H10N6O3. The van der Waals surface area contributed by atoms with Gasteiger partial charge in [0.2, 0.25) is 0 Å². The van der Waals surface area contributed by atoms with Gasteiger partial charge in [0.05, 0.1) is 16.2 Å². The largest absolute Gasteiger partial charge is 0.323 e. The number of non-ortho nitro benzene ring substituents is 1. The third kappa shape index (κ3) is 2.84. The van der Waals surface area contributed by atoms with Crippen LogP contribution in [0.4, 0.5) is 17.2 Å². The van der Waals surface area contributed by atoms with Crippen LogP contribution in [-0.4, -0.2) is 21.0 Å². The Morgan fingerprint density at radius 3 is 2.75 bits per heavy atom. The molecule has 0 saturated heterocycles. The summed E-state index contributed by atoms with van der Waals surface area (Å²) in [5.41, 5.74) is 2.39. The number of nitrogen functional groups attached to an aromatic ring is 1. The lowest BCUT2D eigenvalue weighted by atomic mass is 10.1. The molecule has 0 aliphatic carbocycles. The molecule has 1 aromatic carbocycles. The van der Waals surface area contributed by atoms with Crippen molar-refractivity contribution in [3.63, 3.8) is 0 Å². The fourth-order valence-corrected chi connectivity index (χ4v) is 1.51. The van der Waals surface area contributed by atoms with Crippen LogP contribution >= 0.6 is 0 Å². The van der Waals surface area contributed by atoms with E-state index in [1.165, 1.54) is 24.4 Å². The highest BCUT2D eigenvalue weighted by molar-refractivity contribution is 6.08. The third-order valence-corrected chi connectivity index (χ3v) is 2.43. The number of carbonyl (C=O) groups is 1. The second-order valence-corrected chi connectivity index (χ2v) is 3.69. The quantitative estimate of drug-likeness (QED) is 0.428. The summed E-state index contributed by atoms with van der Waals surface area (Å²) < 4.78 is 0. The Bertz CT molecular complexity index is 646. The van der Waals surface area contributed by atoms with Crippen molar-refractivity contribution in [3.05, 3.63) is 52.2 Å². The highest BCUT2D eigenvalue weighted by Crippen LogP contribution is 2.22. The Kier molecular flexibility index (Phi) is 3.82. The van der Waals surface area contributed by atoms with Crippen molar-refractivity contribution in [3.8, 4) is 0 Å². The van der Waals surface area contributed by atoms with Crippen molar-refractivity contribution in [2.24, 2.45) is 5.84 Å². The lowest BCUT2D eigenvalue weighted by Gasteiger charge is -2.08. The number of nitro benzene ring substituents is 1. The molecule has 0 atom stereocenters. The van der Waals surface area contributed by atoms with Crippen molar-refractivity contribution < 1.29 is 9.72 Å². The highest BCUT2D eigenvalue weighted by atomic mass is 16.6. The molecule has 0 unspecified atom stereocenters. The predicted molar refractivity (Wildman–Crippen MR) is 70.9 cm³/mol. The van der Waals surface area contributed by atoms with E-state index in [1.54, 1.807) is 6.07 Å². The molecule has 9 heteroatoms. The molecule has 1 heterocycles. The molecule has 0 aliphatic heterocycles. The van der Waals surface area contributed by atoms with Crippen LogP contribution in [0.3, 0.4) is 0 Å². The van der Waals surface area contributed by atoms with E-state index in [1.807, 2.05) is 0 Å². The summed E-state index contributed by atoms with van der Waals surface area (Å²) in [7, 11) is 0. The van der Waals surface area contributed by atoms with Crippen LogP contribution in [0.25, 0.3) is 0 Å². The molecule has 0 saturated carbocycles. The molecule has 0 spiro atoms. The van der Waals surface area contributed by atoms with Gasteiger partial charge < -0.3 is 10.7 Å². The zero-order valence-corrected chi connectivity index (χ0v) is 10.1. The Morgan fingerprint density at radius 1 is 1.35 bits per heavy atom. The van der Waals surface area contributed by atoms with Gasteiger partial charge in [-0.2, -0.15) is 5.10 Å². The van der Waals surface area contributed by atoms with E-state index >= 15 is 0 Å². The van der Waals surface area contributed by atoms with Crippen LogP contribution in [0.5, 0.6) is 0 Å². The molecule has 20 heavy (non-hydrogen) atoms. The topological polar surface area (TPSA) is 136 Å². The minimum atomic E-state index is -0.598. The zero-order valence-electron chi connectivity index (χ0n) is 10.1. The van der Waals surface area contributed by atoms with Gasteiger partial charge in [-0.05, 0) is 18.2 Å². The van der Waals surface area contributed by atoms with Crippen LogP contribution < -0.4 is 16.6 Å². The van der Waals surface area contributed by atoms with Crippen LogP contribution in [0.15, 0.2) is 36.5 Å². The normalized spacial score (nSPS) is 9.85. The number of aromatic nitrogens is 2. The van der Waals surface area contributed by atoms with Gasteiger partial charge in [-0.15, -0.1) is 5.10 Å². The standard InChI is InChI=1S/C11H10N6O3/c12-15-9-4-3-7(17(19)20)6-8(9)11(18)14-10-2-1-5-13-16-10/h1-6,15H,12H2,(H,14,16,18). The average molecular weight is 274 g/mol. The van der Waals surface area contributed by atoms with Gasteiger partial charge >= 0.3 is 0 Å². The number of nitro groups is 1. The van der Waals surface area contributed by atoms with Crippen LogP contribution in [0, 0.1) is 10.1 Å². The van der Waals surface area contributed by atoms with Gasteiger partial charge in [0, 0.05) is 18.3 Å². The second-order valence-electron chi connectivity index (χ2n) is 3.69. The SMILES string of the molecule is NNc1ccc([N+](=O)[O-])cc1C(=O)Nc1cccnn1. The molecule has 0 bridgehead atoms. The van der Waals surface area contributed by atoms with Gasteiger partial charge in [-0.3, -0.25) is 20.8 Å². The molecule has 0 radical (unpaired) electrons. The molecule has 4 N–H and O–H groups in total. The Hall–Kier alpha value is -3.07. The van der Waals surface area contributed by atoms with Crippen molar-refractivity contribution in [2.75, 3.05) is 10.7 Å². The first-order chi connectivity index (χ1) is 9.61. The summed E-state index contributed by atoms with van der Waals surface area (Å²) in [5, 5.41) is 20.5. The van der Waals surface area contributed by atoms with Crippen LogP contribution in [-0.2, 0) is 0 Å². The summed E-state index contributed by atoms with van der Waals surface area (Å²) in [6.07, 6.45) is 1.45. The van der Waals surface area contributed by atoms with Gasteiger partial charge in [0.15, 0.2) is 5.82 Å². The first-order valence-corrected chi connectivity index (χ1v) is 5.46. The van der Waals surface area contributed by atoms with Gasteiger partial charge in [0.1, 0.15) is 0 Å². The summed E-state index contributed by atoms with van der Waals surface area (Å²) in [5.74, 6) is 4.93. The first kappa shape index (κ1) is 13.4. The molecule has 1 amide bonds. The summed E-state index contributed by atoms with van der Waals surface area (Å²) in [6, 6.07) is 6.86. The van der Waals surface area contributed by atoms with E-state index in [0.29, 0.717) is 0 Å². The van der Waals surface area contributed by atoms with E-state index in [-0.39, 0.29) is 22.8 Å². The van der Waals surface area contributed by atoms with Crippen LogP contribution in [0.1, 0.15) is 10.4 Å².